The van der Waals surface area contributed by atoms with Gasteiger partial charge in [0.2, 0.25) is 5.78 Å². The Morgan fingerprint density at radius 3 is 2.66 bits per heavy atom. The van der Waals surface area contributed by atoms with Crippen molar-refractivity contribution in [3.05, 3.63) is 46.2 Å². The van der Waals surface area contributed by atoms with E-state index in [4.69, 9.17) is 32.2 Å². The molecule has 9 heteroatoms. The smallest absolute Gasteiger partial charge is 0.344 e. The van der Waals surface area contributed by atoms with Crippen molar-refractivity contribution in [2.45, 2.75) is 13.3 Å². The topological polar surface area (TPSA) is 118 Å². The number of Topliss-reactive ketones (excluding diaryl/α,β-unsaturated/α-hetero) is 1. The predicted octanol–water partition coefficient (Wildman–Crippen LogP) is 1.59. The van der Waals surface area contributed by atoms with Crippen LogP contribution in [0, 0.1) is 5.41 Å². The number of hydrogen-bond donors (Lipinski definition) is 3. The van der Waals surface area contributed by atoms with Crippen molar-refractivity contribution < 1.29 is 19.1 Å². The monoisotopic (exact) mass is 422 g/mol. The number of ketones is 1. The molecule has 0 amide bonds. The summed E-state index contributed by atoms with van der Waals surface area (Å²) in [7, 11) is 0. The minimum atomic E-state index is -0.823. The summed E-state index contributed by atoms with van der Waals surface area (Å²) < 4.78 is 10.4. The van der Waals surface area contributed by atoms with E-state index in [0.29, 0.717) is 6.54 Å². The fourth-order valence-electron chi connectivity index (χ4n) is 2.87. The highest BCUT2D eigenvalue weighted by atomic mass is 35.5. The molecule has 1 aromatic carbocycles. The SMILES string of the molecule is CC(=N)/C(C(=O)OCC(=O)c1ccccc1Cl)=C(/N)NCCCN1CCOCC1. The number of carbonyl (C=O) groups is 2. The van der Waals surface area contributed by atoms with Crippen molar-refractivity contribution in [1.29, 1.82) is 5.41 Å². The fraction of sp³-hybridized carbons (Fsp3) is 0.450. The van der Waals surface area contributed by atoms with Gasteiger partial charge < -0.3 is 25.9 Å². The summed E-state index contributed by atoms with van der Waals surface area (Å²) in [4.78, 5) is 26.9. The zero-order valence-electron chi connectivity index (χ0n) is 16.5. The van der Waals surface area contributed by atoms with Crippen molar-refractivity contribution in [2.75, 3.05) is 46.0 Å². The number of hydrogen-bond acceptors (Lipinski definition) is 8. The van der Waals surface area contributed by atoms with Gasteiger partial charge in [0.05, 0.1) is 18.2 Å². The van der Waals surface area contributed by atoms with Crippen LogP contribution < -0.4 is 11.1 Å². The second kappa shape index (κ2) is 11.5. The minimum absolute atomic E-state index is 0.0432. The van der Waals surface area contributed by atoms with Gasteiger partial charge >= 0.3 is 5.97 Å². The number of carbonyl (C=O) groups excluding carboxylic acids is 2. The number of rotatable bonds is 10. The fourth-order valence-corrected chi connectivity index (χ4v) is 3.11. The average molecular weight is 423 g/mol. The summed E-state index contributed by atoms with van der Waals surface area (Å²) in [5.74, 6) is -1.19. The van der Waals surface area contributed by atoms with Gasteiger partial charge in [0, 0.05) is 30.9 Å². The van der Waals surface area contributed by atoms with Crippen LogP contribution >= 0.6 is 11.6 Å². The van der Waals surface area contributed by atoms with E-state index < -0.39 is 18.4 Å². The molecule has 1 saturated heterocycles. The lowest BCUT2D eigenvalue weighted by atomic mass is 10.1. The molecule has 2 rings (SSSR count). The van der Waals surface area contributed by atoms with E-state index >= 15 is 0 Å². The van der Waals surface area contributed by atoms with Crippen molar-refractivity contribution in [1.82, 2.24) is 10.2 Å². The van der Waals surface area contributed by atoms with Crippen molar-refractivity contribution in [2.24, 2.45) is 5.73 Å². The normalized spacial score (nSPS) is 15.4. The third kappa shape index (κ3) is 7.16. The highest BCUT2D eigenvalue weighted by molar-refractivity contribution is 6.34. The Balaban J connectivity index is 1.87. The Morgan fingerprint density at radius 2 is 2.00 bits per heavy atom. The molecule has 1 aromatic rings. The molecule has 29 heavy (non-hydrogen) atoms. The van der Waals surface area contributed by atoms with E-state index in [1.165, 1.54) is 6.92 Å². The molecule has 0 saturated carbocycles. The number of nitrogens with one attached hydrogen (secondary N) is 2. The number of ether oxygens (including phenoxy) is 2. The van der Waals surface area contributed by atoms with E-state index in [1.807, 2.05) is 0 Å². The van der Waals surface area contributed by atoms with E-state index in [0.717, 1.165) is 39.3 Å². The molecule has 0 bridgehead atoms. The van der Waals surface area contributed by atoms with Crippen LogP contribution in [0.1, 0.15) is 23.7 Å². The molecule has 1 heterocycles. The largest absolute Gasteiger partial charge is 0.454 e. The second-order valence-corrected chi connectivity index (χ2v) is 7.03. The minimum Gasteiger partial charge on any atom is -0.454 e. The van der Waals surface area contributed by atoms with Crippen molar-refractivity contribution in [3.63, 3.8) is 0 Å². The highest BCUT2D eigenvalue weighted by Crippen LogP contribution is 2.16. The third-order valence-corrected chi connectivity index (χ3v) is 4.76. The van der Waals surface area contributed by atoms with E-state index in [9.17, 15) is 9.59 Å². The van der Waals surface area contributed by atoms with Gasteiger partial charge in [0.15, 0.2) is 6.61 Å². The lowest BCUT2D eigenvalue weighted by Crippen LogP contribution is -2.38. The molecule has 0 spiro atoms. The summed E-state index contributed by atoms with van der Waals surface area (Å²) >= 11 is 5.98. The van der Waals surface area contributed by atoms with Crippen molar-refractivity contribution >= 4 is 29.1 Å². The maximum atomic E-state index is 12.4. The lowest BCUT2D eigenvalue weighted by Gasteiger charge is -2.26. The summed E-state index contributed by atoms with van der Waals surface area (Å²) in [6.07, 6.45) is 0.824. The zero-order valence-corrected chi connectivity index (χ0v) is 17.3. The first-order valence-corrected chi connectivity index (χ1v) is 9.82. The molecular formula is C20H27ClN4O4. The van der Waals surface area contributed by atoms with Gasteiger partial charge in [0.25, 0.3) is 0 Å². The van der Waals surface area contributed by atoms with Crippen LogP contribution in [-0.2, 0) is 14.3 Å². The zero-order chi connectivity index (χ0) is 21.2. The molecule has 0 aromatic heterocycles. The maximum absolute atomic E-state index is 12.4. The highest BCUT2D eigenvalue weighted by Gasteiger charge is 2.20. The van der Waals surface area contributed by atoms with Crippen LogP contribution in [0.5, 0.6) is 0 Å². The van der Waals surface area contributed by atoms with E-state index in [-0.39, 0.29) is 27.7 Å². The summed E-state index contributed by atoms with van der Waals surface area (Å²) in [5, 5.41) is 11.1. The molecule has 0 atom stereocenters. The molecule has 0 radical (unpaired) electrons. The molecule has 158 valence electrons. The number of esters is 1. The number of morpholine rings is 1. The number of nitrogens with zero attached hydrogens (tertiary/aromatic N) is 1. The van der Waals surface area contributed by atoms with Crippen LogP contribution in [0.3, 0.4) is 0 Å². The standard InChI is InChI=1S/C20H27ClN4O4/c1-14(22)18(19(23)24-7-4-8-25-9-11-28-12-10-25)20(27)29-13-17(26)15-5-2-3-6-16(15)21/h2-3,5-6,22,24H,4,7-13,23H2,1H3/b19-18+,22-14?. The second-order valence-electron chi connectivity index (χ2n) is 6.63. The Morgan fingerprint density at radius 1 is 1.31 bits per heavy atom. The van der Waals surface area contributed by atoms with Crippen molar-refractivity contribution in [3.8, 4) is 0 Å². The molecule has 1 aliphatic heterocycles. The lowest BCUT2D eigenvalue weighted by molar-refractivity contribution is -0.137. The van der Waals surface area contributed by atoms with E-state index in [2.05, 4.69) is 10.2 Å². The number of halogens is 1. The average Bonchev–Trinajstić information content (AvgIpc) is 2.70. The molecular weight excluding hydrogens is 396 g/mol. The summed E-state index contributed by atoms with van der Waals surface area (Å²) in [5.41, 5.74) is 6.12. The van der Waals surface area contributed by atoms with Gasteiger partial charge in [-0.05, 0) is 32.0 Å². The predicted molar refractivity (Wildman–Crippen MR) is 111 cm³/mol. The first-order valence-electron chi connectivity index (χ1n) is 9.44. The first-order chi connectivity index (χ1) is 13.9. The Labute approximate surface area is 175 Å². The van der Waals surface area contributed by atoms with Crippen LogP contribution in [0.4, 0.5) is 0 Å². The van der Waals surface area contributed by atoms with Crippen LogP contribution in [0.2, 0.25) is 5.02 Å². The third-order valence-electron chi connectivity index (χ3n) is 4.43. The van der Waals surface area contributed by atoms with Crippen LogP contribution in [-0.4, -0.2) is 68.4 Å². The first kappa shape index (κ1) is 22.9. The van der Waals surface area contributed by atoms with Crippen LogP contribution in [0.25, 0.3) is 0 Å². The van der Waals surface area contributed by atoms with Gasteiger partial charge in [-0.3, -0.25) is 9.69 Å². The van der Waals surface area contributed by atoms with Crippen LogP contribution in [0.15, 0.2) is 35.7 Å². The Bertz CT molecular complexity index is 775. The Hall–Kier alpha value is -2.42. The van der Waals surface area contributed by atoms with Gasteiger partial charge in [-0.25, -0.2) is 4.79 Å². The molecule has 1 aliphatic rings. The summed E-state index contributed by atoms with van der Waals surface area (Å²) in [6, 6.07) is 6.52. The summed E-state index contributed by atoms with van der Waals surface area (Å²) in [6.45, 7) is 5.68. The van der Waals surface area contributed by atoms with Gasteiger partial charge in [-0.15, -0.1) is 0 Å². The molecule has 4 N–H and O–H groups in total. The van der Waals surface area contributed by atoms with E-state index in [1.54, 1.807) is 24.3 Å². The number of nitrogens with two attached hydrogens (primary N) is 1. The van der Waals surface area contributed by atoms with Gasteiger partial charge in [-0.2, -0.15) is 0 Å². The van der Waals surface area contributed by atoms with Gasteiger partial charge in [0.1, 0.15) is 11.4 Å². The molecule has 1 fully saturated rings. The quantitative estimate of drug-likeness (QED) is 0.172. The van der Waals surface area contributed by atoms with Gasteiger partial charge in [-0.1, -0.05) is 23.7 Å². The number of benzene rings is 1. The molecule has 8 nitrogen and oxygen atoms in total. The molecule has 0 unspecified atom stereocenters. The maximum Gasteiger partial charge on any atom is 0.344 e. The molecule has 0 aliphatic carbocycles. The Kier molecular flexibility index (Phi) is 9.11.